The van der Waals surface area contributed by atoms with E-state index >= 15 is 0 Å². The monoisotopic (exact) mass is 571 g/mol. The molecule has 214 valence electrons. The van der Waals surface area contributed by atoms with E-state index in [4.69, 9.17) is 14.9 Å². The number of benzene rings is 2. The first-order chi connectivity index (χ1) is 19.6. The number of nitrogens with zero attached hydrogens (tertiary/aromatic N) is 5. The van der Waals surface area contributed by atoms with Gasteiger partial charge in [0.15, 0.2) is 5.69 Å². The Morgan fingerprint density at radius 1 is 1.15 bits per heavy atom. The fourth-order valence-electron chi connectivity index (χ4n) is 4.51. The molecule has 0 radical (unpaired) electrons. The van der Waals surface area contributed by atoms with Gasteiger partial charge in [-0.15, -0.1) is 0 Å². The first-order valence-electron chi connectivity index (χ1n) is 12.5. The molecule has 5 rings (SSSR count). The van der Waals surface area contributed by atoms with Crippen LogP contribution in [-0.2, 0) is 6.18 Å². The molecular weight excluding hydrogens is 546 g/mol. The number of carbonyl (C=O) groups excluding carboxylic acids is 1. The summed E-state index contributed by atoms with van der Waals surface area (Å²) in [6.07, 6.45) is -0.975. The number of aromatic nitrogens is 3. The molecule has 3 N–H and O–H groups in total. The van der Waals surface area contributed by atoms with Crippen LogP contribution in [0.25, 0.3) is 11.5 Å². The number of ether oxygens (including phenoxy) is 1. The number of halogens is 4. The topological polar surface area (TPSA) is 123 Å². The SMILES string of the molecule is CN1CCN(c2c(NC(=O)c3coc(-c4ccnnc4)n3)ccc(Oc3ccc(F)cc3)c2C(F)(F)F)C[C@@H]1CN. The van der Waals surface area contributed by atoms with Crippen LogP contribution in [0.4, 0.5) is 28.9 Å². The van der Waals surface area contributed by atoms with Gasteiger partial charge in [-0.1, -0.05) is 0 Å². The molecule has 1 amide bonds. The largest absolute Gasteiger partial charge is 0.457 e. The molecule has 0 saturated carbocycles. The van der Waals surface area contributed by atoms with Crippen LogP contribution >= 0.6 is 0 Å². The molecule has 2 aromatic carbocycles. The predicted octanol–water partition coefficient (Wildman–Crippen LogP) is 4.41. The van der Waals surface area contributed by atoms with Gasteiger partial charge < -0.3 is 25.1 Å². The van der Waals surface area contributed by atoms with E-state index in [0.29, 0.717) is 12.1 Å². The van der Waals surface area contributed by atoms with Crippen LogP contribution in [0.5, 0.6) is 11.5 Å². The van der Waals surface area contributed by atoms with Crippen molar-refractivity contribution in [2.75, 3.05) is 43.4 Å². The van der Waals surface area contributed by atoms with E-state index in [1.165, 1.54) is 35.5 Å². The predicted molar refractivity (Wildman–Crippen MR) is 141 cm³/mol. The lowest BCUT2D eigenvalue weighted by Crippen LogP contribution is -2.54. The molecule has 1 atom stereocenters. The number of anilines is 2. The van der Waals surface area contributed by atoms with E-state index < -0.39 is 29.2 Å². The van der Waals surface area contributed by atoms with Crippen molar-refractivity contribution in [1.82, 2.24) is 20.1 Å². The minimum absolute atomic E-state index is 0.0126. The van der Waals surface area contributed by atoms with Gasteiger partial charge in [-0.05, 0) is 49.5 Å². The normalized spacial score (nSPS) is 16.0. The third kappa shape index (κ3) is 6.12. The van der Waals surface area contributed by atoms with Crippen molar-refractivity contribution in [3.63, 3.8) is 0 Å². The van der Waals surface area contributed by atoms with Crippen molar-refractivity contribution in [1.29, 1.82) is 0 Å². The second-order valence-corrected chi connectivity index (χ2v) is 9.33. The van der Waals surface area contributed by atoms with E-state index in [1.807, 2.05) is 11.9 Å². The summed E-state index contributed by atoms with van der Waals surface area (Å²) >= 11 is 0. The minimum atomic E-state index is -4.89. The summed E-state index contributed by atoms with van der Waals surface area (Å²) < 4.78 is 68.7. The van der Waals surface area contributed by atoms with Crippen LogP contribution in [0.3, 0.4) is 0 Å². The molecule has 3 heterocycles. The third-order valence-corrected chi connectivity index (χ3v) is 6.65. The molecule has 0 spiro atoms. The molecule has 41 heavy (non-hydrogen) atoms. The Bertz CT molecular complexity index is 1510. The molecule has 1 fully saturated rings. The van der Waals surface area contributed by atoms with Gasteiger partial charge in [-0.25, -0.2) is 9.37 Å². The fraction of sp³-hybridized carbons (Fsp3) is 0.259. The van der Waals surface area contributed by atoms with Crippen molar-refractivity contribution in [3.05, 3.63) is 78.2 Å². The van der Waals surface area contributed by atoms with E-state index in [1.54, 1.807) is 6.07 Å². The Morgan fingerprint density at radius 3 is 2.61 bits per heavy atom. The number of oxazole rings is 1. The molecule has 0 unspecified atom stereocenters. The number of nitrogens with two attached hydrogens (primary N) is 1. The van der Waals surface area contributed by atoms with Crippen molar-refractivity contribution in [2.45, 2.75) is 12.2 Å². The summed E-state index contributed by atoms with van der Waals surface area (Å²) in [5.41, 5.74) is 4.74. The zero-order valence-electron chi connectivity index (χ0n) is 21.7. The maximum absolute atomic E-state index is 14.8. The number of nitrogens with one attached hydrogen (secondary N) is 1. The molecule has 0 aliphatic carbocycles. The number of amides is 1. The van der Waals surface area contributed by atoms with Gasteiger partial charge in [-0.2, -0.15) is 23.4 Å². The van der Waals surface area contributed by atoms with Gasteiger partial charge in [0, 0.05) is 32.2 Å². The lowest BCUT2D eigenvalue weighted by Gasteiger charge is -2.41. The molecule has 14 heteroatoms. The summed E-state index contributed by atoms with van der Waals surface area (Å²) in [7, 11) is 1.84. The van der Waals surface area contributed by atoms with Gasteiger partial charge in [0.1, 0.15) is 29.1 Å². The molecule has 0 bridgehead atoms. The highest BCUT2D eigenvalue weighted by Crippen LogP contribution is 2.48. The quantitative estimate of drug-likeness (QED) is 0.311. The summed E-state index contributed by atoms with van der Waals surface area (Å²) in [6.45, 7) is 1.04. The van der Waals surface area contributed by atoms with E-state index in [-0.39, 0.29) is 54.4 Å². The van der Waals surface area contributed by atoms with Crippen LogP contribution in [-0.4, -0.2) is 65.3 Å². The number of alkyl halides is 3. The Morgan fingerprint density at radius 2 is 1.93 bits per heavy atom. The molecule has 1 aliphatic heterocycles. The van der Waals surface area contributed by atoms with E-state index in [9.17, 15) is 22.4 Å². The highest BCUT2D eigenvalue weighted by molar-refractivity contribution is 6.05. The lowest BCUT2D eigenvalue weighted by molar-refractivity contribution is -0.138. The Kier molecular flexibility index (Phi) is 7.85. The summed E-state index contributed by atoms with van der Waals surface area (Å²) in [5.74, 6) is -1.75. The van der Waals surface area contributed by atoms with Crippen molar-refractivity contribution in [2.24, 2.45) is 5.73 Å². The summed E-state index contributed by atoms with van der Waals surface area (Å²) in [4.78, 5) is 20.8. The van der Waals surface area contributed by atoms with Crippen LogP contribution in [0.15, 0.2) is 65.5 Å². The number of piperazine rings is 1. The standard InChI is InChI=1S/C27H25F4N7O3/c1-37-10-11-38(14-18(37)12-32)24-20(35-25(39)21-15-40-26(36-21)16-8-9-33-34-13-16)6-7-22(23(24)27(29,30)31)41-19-4-2-17(28)3-5-19/h2-9,13,15,18H,10-12,14,32H2,1H3,(H,35,39)/t18-/m0/s1. The number of carbonyl (C=O) groups is 1. The number of hydrogen-bond acceptors (Lipinski definition) is 9. The second-order valence-electron chi connectivity index (χ2n) is 9.33. The Balaban J connectivity index is 1.56. The lowest BCUT2D eigenvalue weighted by atomic mass is 10.0. The van der Waals surface area contributed by atoms with Gasteiger partial charge in [0.2, 0.25) is 5.89 Å². The molecule has 1 aliphatic rings. The van der Waals surface area contributed by atoms with Crippen molar-refractivity contribution in [3.8, 4) is 23.0 Å². The Hall–Kier alpha value is -4.56. The second kappa shape index (κ2) is 11.5. The third-order valence-electron chi connectivity index (χ3n) is 6.65. The average Bonchev–Trinajstić information content (AvgIpc) is 3.46. The summed E-state index contributed by atoms with van der Waals surface area (Å²) in [6, 6.07) is 8.40. The molecule has 10 nitrogen and oxygen atoms in total. The van der Waals surface area contributed by atoms with Gasteiger partial charge in [0.05, 0.1) is 29.3 Å². The smallest absolute Gasteiger partial charge is 0.422 e. The van der Waals surface area contributed by atoms with Crippen LogP contribution in [0.2, 0.25) is 0 Å². The van der Waals surface area contributed by atoms with E-state index in [2.05, 4.69) is 20.5 Å². The zero-order valence-corrected chi connectivity index (χ0v) is 21.7. The molecular formula is C27H25F4N7O3. The van der Waals surface area contributed by atoms with Crippen LogP contribution in [0.1, 0.15) is 16.1 Å². The fourth-order valence-corrected chi connectivity index (χ4v) is 4.51. The van der Waals surface area contributed by atoms with Gasteiger partial charge >= 0.3 is 6.18 Å². The minimum Gasteiger partial charge on any atom is -0.457 e. The number of likely N-dealkylation sites (N-methyl/N-ethyl adjacent to an activating group) is 1. The van der Waals surface area contributed by atoms with Crippen molar-refractivity contribution < 1.29 is 31.5 Å². The van der Waals surface area contributed by atoms with Crippen molar-refractivity contribution >= 4 is 17.3 Å². The number of rotatable bonds is 7. The number of hydrogen-bond donors (Lipinski definition) is 2. The molecule has 4 aromatic rings. The highest BCUT2D eigenvalue weighted by atomic mass is 19.4. The average molecular weight is 572 g/mol. The molecule has 2 aromatic heterocycles. The Labute approximate surface area is 231 Å². The highest BCUT2D eigenvalue weighted by Gasteiger charge is 2.42. The van der Waals surface area contributed by atoms with Gasteiger partial charge in [0.25, 0.3) is 5.91 Å². The van der Waals surface area contributed by atoms with Gasteiger partial charge in [-0.3, -0.25) is 9.69 Å². The maximum Gasteiger partial charge on any atom is 0.422 e. The summed E-state index contributed by atoms with van der Waals surface area (Å²) in [5, 5.41) is 9.97. The van der Waals surface area contributed by atoms with E-state index in [0.717, 1.165) is 24.5 Å². The van der Waals surface area contributed by atoms with Crippen LogP contribution in [0, 0.1) is 5.82 Å². The zero-order chi connectivity index (χ0) is 29.1. The van der Waals surface area contributed by atoms with Crippen LogP contribution < -0.4 is 20.7 Å². The first kappa shape index (κ1) is 28.0. The molecule has 1 saturated heterocycles. The first-order valence-corrected chi connectivity index (χ1v) is 12.5. The maximum atomic E-state index is 14.8.